The van der Waals surface area contributed by atoms with Crippen molar-refractivity contribution in [3.8, 4) is 0 Å². The molecule has 8 nitrogen and oxygen atoms in total. The zero-order valence-corrected chi connectivity index (χ0v) is 25.0. The van der Waals surface area contributed by atoms with Crippen LogP contribution in [0, 0.1) is 0 Å². The highest BCUT2D eigenvalue weighted by atomic mass is 32.2. The highest BCUT2D eigenvalue weighted by Gasteiger charge is 2.58. The van der Waals surface area contributed by atoms with Gasteiger partial charge in [0, 0.05) is 4.90 Å². The molecule has 0 aliphatic carbocycles. The molecule has 0 saturated carbocycles. The quantitative estimate of drug-likeness (QED) is 0.223. The molecule has 10 heteroatoms. The molecule has 0 aromatic heterocycles. The summed E-state index contributed by atoms with van der Waals surface area (Å²) in [6, 6.07) is 34.8. The molecule has 2 heterocycles. The Morgan fingerprint density at radius 2 is 1.36 bits per heavy atom. The van der Waals surface area contributed by atoms with Crippen molar-refractivity contribution in [2.75, 3.05) is 5.75 Å². The van der Waals surface area contributed by atoms with Crippen molar-refractivity contribution in [3.05, 3.63) is 149 Å². The maximum atomic E-state index is 14.1. The predicted octanol–water partition coefficient (Wildman–Crippen LogP) is 4.00. The second-order valence-corrected chi connectivity index (χ2v) is 13.3. The summed E-state index contributed by atoms with van der Waals surface area (Å²) in [5.41, 5.74) is 1.97. The van der Waals surface area contributed by atoms with E-state index >= 15 is 0 Å². The average Bonchev–Trinajstić information content (AvgIpc) is 3.07. The van der Waals surface area contributed by atoms with Crippen molar-refractivity contribution in [1.82, 2.24) is 10.2 Å². The first kappa shape index (κ1) is 29.4. The number of β-lactam (4-membered cyclic amide) rings is 1. The van der Waals surface area contributed by atoms with E-state index in [1.54, 1.807) is 42.5 Å². The molecular formula is C34H28N2O6S2. The molecule has 2 amide bonds. The molecule has 2 unspecified atom stereocenters. The van der Waals surface area contributed by atoms with Gasteiger partial charge in [0.25, 0.3) is 5.91 Å². The van der Waals surface area contributed by atoms with Crippen LogP contribution in [0.1, 0.15) is 22.8 Å². The summed E-state index contributed by atoms with van der Waals surface area (Å²) in [5, 5.41) is 1.69. The third-order valence-corrected chi connectivity index (χ3v) is 10.7. The Morgan fingerprint density at radius 1 is 0.841 bits per heavy atom. The Morgan fingerprint density at radius 3 is 1.93 bits per heavy atom. The van der Waals surface area contributed by atoms with Gasteiger partial charge in [-0.15, -0.1) is 0 Å². The molecule has 0 radical (unpaired) electrons. The molecule has 4 atom stereocenters. The molecule has 222 valence electrons. The van der Waals surface area contributed by atoms with E-state index in [-0.39, 0.29) is 22.8 Å². The van der Waals surface area contributed by atoms with E-state index in [1.165, 1.54) is 0 Å². The molecule has 4 aromatic rings. The van der Waals surface area contributed by atoms with Gasteiger partial charge in [-0.2, -0.15) is 0 Å². The zero-order valence-electron chi connectivity index (χ0n) is 23.4. The molecule has 1 fully saturated rings. The number of fused-ring (bicyclic) bond motifs is 1. The maximum Gasteiger partial charge on any atom is 0.357 e. The maximum absolute atomic E-state index is 14.1. The summed E-state index contributed by atoms with van der Waals surface area (Å²) in [5.74, 6) is -2.13. The highest BCUT2D eigenvalue weighted by Crippen LogP contribution is 2.39. The minimum Gasteiger partial charge on any atom is -0.448 e. The van der Waals surface area contributed by atoms with Gasteiger partial charge in [0.1, 0.15) is 17.1 Å². The highest BCUT2D eigenvalue weighted by molar-refractivity contribution is 7.92. The first-order valence-electron chi connectivity index (χ1n) is 14.0. The molecule has 0 spiro atoms. The number of hydrogen-bond donors (Lipinski definition) is 1. The molecular weight excluding hydrogens is 597 g/mol. The van der Waals surface area contributed by atoms with Crippen LogP contribution in [0.15, 0.2) is 137 Å². The Hall–Kier alpha value is -4.67. The Labute approximate surface area is 259 Å². The van der Waals surface area contributed by atoms with Crippen LogP contribution in [0.5, 0.6) is 0 Å². The van der Waals surface area contributed by atoms with Crippen molar-refractivity contribution in [2.45, 2.75) is 28.8 Å². The molecule has 2 aliphatic heterocycles. The van der Waals surface area contributed by atoms with Crippen molar-refractivity contribution < 1.29 is 27.5 Å². The van der Waals surface area contributed by atoms with Crippen molar-refractivity contribution in [1.29, 1.82) is 0 Å². The van der Waals surface area contributed by atoms with Gasteiger partial charge >= 0.3 is 5.97 Å². The number of nitrogens with zero attached hydrogens (tertiary/aromatic N) is 1. The fourth-order valence-corrected chi connectivity index (χ4v) is 8.63. The standard InChI is InChI=1S/C34H28N2O6S2/c37-28(21-23-13-5-1-6-14-23)35-29-32(38)36-30(27(22-43(40)33(29)36)44(41)26-19-11-4-12-20-26)34(39)42-31(24-15-7-2-8-16-24)25-17-9-3-10-18-25/h1-20,29,31,33H,21-22H2,(H,35,37)/t29-,33+,43?,44?/m1/s1. The minimum atomic E-state index is -1.91. The summed E-state index contributed by atoms with van der Waals surface area (Å²) >= 11 is 0. The molecule has 44 heavy (non-hydrogen) atoms. The lowest BCUT2D eigenvalue weighted by Gasteiger charge is -2.49. The van der Waals surface area contributed by atoms with Crippen LogP contribution >= 0.6 is 0 Å². The fraction of sp³-hybridized carbons (Fsp3) is 0.147. The second-order valence-electron chi connectivity index (χ2n) is 10.3. The summed E-state index contributed by atoms with van der Waals surface area (Å²) in [4.78, 5) is 42.1. The zero-order chi connectivity index (χ0) is 30.6. The van der Waals surface area contributed by atoms with Gasteiger partial charge in [-0.05, 0) is 28.8 Å². The smallest absolute Gasteiger partial charge is 0.357 e. The van der Waals surface area contributed by atoms with Gasteiger partial charge in [-0.1, -0.05) is 109 Å². The Bertz CT molecular complexity index is 1730. The van der Waals surface area contributed by atoms with E-state index in [0.29, 0.717) is 16.0 Å². The molecule has 6 rings (SSSR count). The normalized spacial score (nSPS) is 20.0. The summed E-state index contributed by atoms with van der Waals surface area (Å²) in [6.07, 6.45) is -0.791. The van der Waals surface area contributed by atoms with Crippen LogP contribution in [0.25, 0.3) is 0 Å². The number of amides is 2. The summed E-state index contributed by atoms with van der Waals surface area (Å²) < 4.78 is 33.5. The van der Waals surface area contributed by atoms with E-state index in [4.69, 9.17) is 4.74 Å². The number of carbonyl (C=O) groups excluding carboxylic acids is 3. The molecule has 4 aromatic carbocycles. The van der Waals surface area contributed by atoms with Crippen molar-refractivity contribution >= 4 is 39.4 Å². The van der Waals surface area contributed by atoms with E-state index in [2.05, 4.69) is 5.32 Å². The van der Waals surface area contributed by atoms with Crippen LogP contribution < -0.4 is 5.32 Å². The van der Waals surface area contributed by atoms with Crippen LogP contribution in [-0.2, 0) is 47.1 Å². The number of ether oxygens (including phenoxy) is 1. The molecule has 2 aliphatic rings. The van der Waals surface area contributed by atoms with Gasteiger partial charge < -0.3 is 10.1 Å². The Kier molecular flexibility index (Phi) is 8.63. The first-order chi connectivity index (χ1) is 21.4. The van der Waals surface area contributed by atoms with E-state index in [1.807, 2.05) is 78.9 Å². The summed E-state index contributed by atoms with van der Waals surface area (Å²) in [7, 11) is -3.66. The lowest BCUT2D eigenvalue weighted by atomic mass is 10.0. The third-order valence-electron chi connectivity index (χ3n) is 7.42. The van der Waals surface area contributed by atoms with Gasteiger partial charge in [0.05, 0.1) is 38.7 Å². The van der Waals surface area contributed by atoms with E-state index in [9.17, 15) is 22.8 Å². The molecule has 0 bridgehead atoms. The number of benzene rings is 4. The molecule has 1 saturated heterocycles. The lowest BCUT2D eigenvalue weighted by Crippen LogP contribution is -2.73. The number of nitrogens with one attached hydrogen (secondary N) is 1. The van der Waals surface area contributed by atoms with Crippen LogP contribution in [0.2, 0.25) is 0 Å². The number of carbonyl (C=O) groups is 3. The van der Waals surface area contributed by atoms with Gasteiger partial charge in [-0.3, -0.25) is 18.7 Å². The Balaban J connectivity index is 1.35. The second kappa shape index (κ2) is 12.9. The first-order valence-corrected chi connectivity index (χ1v) is 16.5. The van der Waals surface area contributed by atoms with E-state index < -0.39 is 56.9 Å². The van der Waals surface area contributed by atoms with Crippen molar-refractivity contribution in [3.63, 3.8) is 0 Å². The lowest BCUT2D eigenvalue weighted by molar-refractivity contribution is -0.154. The SMILES string of the molecule is O=C(Cc1ccccc1)N[C@@H]1C(=O)N2C(C(=O)OC(c3ccccc3)c3ccccc3)=C(S(=O)c3ccccc3)CS(=O)[C@@H]12. The van der Waals surface area contributed by atoms with Gasteiger partial charge in [0.15, 0.2) is 6.10 Å². The van der Waals surface area contributed by atoms with Gasteiger partial charge in [-0.25, -0.2) is 9.00 Å². The van der Waals surface area contributed by atoms with E-state index in [0.717, 1.165) is 10.5 Å². The topological polar surface area (TPSA) is 110 Å². The third kappa shape index (κ3) is 5.91. The van der Waals surface area contributed by atoms with Gasteiger partial charge in [0.2, 0.25) is 5.91 Å². The van der Waals surface area contributed by atoms with Crippen LogP contribution in [0.4, 0.5) is 0 Å². The largest absolute Gasteiger partial charge is 0.448 e. The summed E-state index contributed by atoms with van der Waals surface area (Å²) in [6.45, 7) is 0. The monoisotopic (exact) mass is 624 g/mol. The average molecular weight is 625 g/mol. The fourth-order valence-electron chi connectivity index (χ4n) is 5.31. The van der Waals surface area contributed by atoms with Crippen molar-refractivity contribution in [2.24, 2.45) is 0 Å². The number of hydrogen-bond acceptors (Lipinski definition) is 6. The van der Waals surface area contributed by atoms with Crippen LogP contribution in [-0.4, -0.2) is 48.3 Å². The van der Waals surface area contributed by atoms with Crippen LogP contribution in [0.3, 0.4) is 0 Å². The number of esters is 1. The minimum absolute atomic E-state index is 0.0355. The predicted molar refractivity (Wildman–Crippen MR) is 166 cm³/mol. The number of rotatable bonds is 9. The molecule has 1 N–H and O–H groups in total.